The largest absolute Gasteiger partial charge is 0.353 e. The van der Waals surface area contributed by atoms with E-state index in [0.29, 0.717) is 11.0 Å². The Morgan fingerprint density at radius 2 is 1.76 bits per heavy atom. The lowest BCUT2D eigenvalue weighted by Gasteiger charge is -2.18. The number of aromatic nitrogens is 4. The van der Waals surface area contributed by atoms with Crippen molar-refractivity contribution >= 4 is 17.7 Å². The molecule has 0 saturated carbocycles. The van der Waals surface area contributed by atoms with Crippen LogP contribution in [0.2, 0.25) is 0 Å². The maximum absolute atomic E-state index is 13.0. The normalized spacial score (nSPS) is 12.8. The first-order valence-electron chi connectivity index (χ1n) is 11.5. The van der Waals surface area contributed by atoms with E-state index in [1.165, 1.54) is 17.3 Å². The van der Waals surface area contributed by atoms with E-state index in [0.717, 1.165) is 29.7 Å². The monoisotopic (exact) mass is 471 g/mol. The number of thioether (sulfide) groups is 1. The number of carbonyl (C=O) groups excluding carboxylic acids is 1. The fourth-order valence-corrected chi connectivity index (χ4v) is 4.60. The molecule has 1 N–H and O–H groups in total. The van der Waals surface area contributed by atoms with Crippen LogP contribution in [0.4, 0.5) is 0 Å². The zero-order chi connectivity index (χ0) is 23.9. The van der Waals surface area contributed by atoms with Gasteiger partial charge in [-0.25, -0.2) is 0 Å². The van der Waals surface area contributed by atoms with Crippen molar-refractivity contribution in [1.82, 2.24) is 25.1 Å². The van der Waals surface area contributed by atoms with Gasteiger partial charge < -0.3 is 5.32 Å². The topological polar surface area (TPSA) is 72.7 Å². The van der Waals surface area contributed by atoms with E-state index >= 15 is 0 Å². The Hall–Kier alpha value is -3.45. The van der Waals surface area contributed by atoms with Gasteiger partial charge in [0.15, 0.2) is 11.0 Å². The zero-order valence-electron chi connectivity index (χ0n) is 19.7. The van der Waals surface area contributed by atoms with Crippen molar-refractivity contribution < 1.29 is 4.79 Å². The van der Waals surface area contributed by atoms with Crippen molar-refractivity contribution in [1.29, 1.82) is 0 Å². The number of hydrogen-bond acceptors (Lipinski definition) is 5. The van der Waals surface area contributed by atoms with Gasteiger partial charge in [-0.3, -0.25) is 14.3 Å². The number of hydrogen-bond donors (Lipinski definition) is 1. The lowest BCUT2D eigenvalue weighted by molar-refractivity contribution is -0.120. The van der Waals surface area contributed by atoms with Gasteiger partial charge >= 0.3 is 0 Å². The van der Waals surface area contributed by atoms with E-state index in [1.807, 2.05) is 60.0 Å². The number of aryl methyl sites for hydroxylation is 2. The molecule has 4 rings (SSSR count). The van der Waals surface area contributed by atoms with Crippen LogP contribution in [0.25, 0.3) is 17.1 Å². The Morgan fingerprint density at radius 1 is 1.00 bits per heavy atom. The second kappa shape index (κ2) is 11.1. The Kier molecular flexibility index (Phi) is 7.75. The molecule has 174 valence electrons. The highest BCUT2D eigenvalue weighted by Crippen LogP contribution is 2.31. The fraction of sp³-hybridized carbons (Fsp3) is 0.259. The van der Waals surface area contributed by atoms with Gasteiger partial charge in [-0.15, -0.1) is 10.2 Å². The van der Waals surface area contributed by atoms with Crippen LogP contribution >= 0.6 is 11.8 Å². The number of rotatable bonds is 9. The van der Waals surface area contributed by atoms with Crippen molar-refractivity contribution in [2.45, 2.75) is 50.1 Å². The van der Waals surface area contributed by atoms with Crippen LogP contribution in [0.5, 0.6) is 0 Å². The summed E-state index contributed by atoms with van der Waals surface area (Å²) in [5, 5.41) is 12.4. The highest BCUT2D eigenvalue weighted by Gasteiger charge is 2.23. The minimum absolute atomic E-state index is 0.00665. The Bertz CT molecular complexity index is 1230. The van der Waals surface area contributed by atoms with Crippen LogP contribution in [-0.2, 0) is 11.2 Å². The predicted octanol–water partition coefficient (Wildman–Crippen LogP) is 5.26. The van der Waals surface area contributed by atoms with Gasteiger partial charge in [0.2, 0.25) is 5.91 Å². The molecule has 0 spiro atoms. The molecule has 34 heavy (non-hydrogen) atoms. The van der Waals surface area contributed by atoms with Crippen LogP contribution in [0.15, 0.2) is 84.3 Å². The molecule has 2 aromatic heterocycles. The molecule has 0 saturated heterocycles. The smallest absolute Gasteiger partial charge is 0.233 e. The van der Waals surface area contributed by atoms with E-state index in [-0.39, 0.29) is 17.2 Å². The summed E-state index contributed by atoms with van der Waals surface area (Å²) >= 11 is 1.41. The molecule has 2 atom stereocenters. The lowest BCUT2D eigenvalue weighted by Crippen LogP contribution is -2.38. The Balaban J connectivity index is 1.50. The first kappa shape index (κ1) is 23.7. The molecule has 0 radical (unpaired) electrons. The van der Waals surface area contributed by atoms with Gasteiger partial charge in [-0.05, 0) is 62.9 Å². The molecule has 0 fully saturated rings. The summed E-state index contributed by atoms with van der Waals surface area (Å²) in [7, 11) is 0. The summed E-state index contributed by atoms with van der Waals surface area (Å²) in [5.74, 6) is 0.696. The highest BCUT2D eigenvalue weighted by molar-refractivity contribution is 8.00. The molecular formula is C27H29N5OS. The van der Waals surface area contributed by atoms with Crippen molar-refractivity contribution in [3.05, 3.63) is 90.3 Å². The molecule has 2 unspecified atom stereocenters. The molecule has 2 heterocycles. The van der Waals surface area contributed by atoms with E-state index < -0.39 is 0 Å². The van der Waals surface area contributed by atoms with Crippen molar-refractivity contribution in [3.63, 3.8) is 0 Å². The quantitative estimate of drug-likeness (QED) is 0.337. The number of pyridine rings is 1. The molecule has 0 aliphatic rings. The molecule has 1 amide bonds. The second-order valence-electron chi connectivity index (χ2n) is 8.36. The average Bonchev–Trinajstić information content (AvgIpc) is 3.27. The van der Waals surface area contributed by atoms with E-state index in [1.54, 1.807) is 12.4 Å². The molecule has 0 bridgehead atoms. The van der Waals surface area contributed by atoms with Crippen molar-refractivity contribution in [2.24, 2.45) is 0 Å². The van der Waals surface area contributed by atoms with Gasteiger partial charge in [-0.1, -0.05) is 60.3 Å². The molecule has 0 aliphatic heterocycles. The fourth-order valence-electron chi connectivity index (χ4n) is 3.73. The number of carbonyl (C=O) groups is 1. The van der Waals surface area contributed by atoms with Crippen molar-refractivity contribution in [3.8, 4) is 17.1 Å². The Morgan fingerprint density at radius 3 is 2.50 bits per heavy atom. The first-order chi connectivity index (χ1) is 16.5. The summed E-state index contributed by atoms with van der Waals surface area (Å²) in [4.78, 5) is 17.2. The lowest BCUT2D eigenvalue weighted by atomic mass is 10.1. The summed E-state index contributed by atoms with van der Waals surface area (Å²) in [5.41, 5.74) is 4.23. The summed E-state index contributed by atoms with van der Waals surface area (Å²) in [6, 6.07) is 22.4. The van der Waals surface area contributed by atoms with Gasteiger partial charge in [0, 0.05) is 24.0 Å². The molecule has 7 heteroatoms. The third-order valence-corrected chi connectivity index (χ3v) is 6.70. The second-order valence-corrected chi connectivity index (χ2v) is 9.67. The molecular weight excluding hydrogens is 442 g/mol. The van der Waals surface area contributed by atoms with E-state index in [2.05, 4.69) is 52.5 Å². The minimum atomic E-state index is -0.326. The van der Waals surface area contributed by atoms with E-state index in [4.69, 9.17) is 0 Å². The van der Waals surface area contributed by atoms with Gasteiger partial charge in [0.1, 0.15) is 0 Å². The number of benzene rings is 2. The maximum atomic E-state index is 13.0. The summed E-state index contributed by atoms with van der Waals surface area (Å²) < 4.78 is 2.01. The van der Waals surface area contributed by atoms with Crippen molar-refractivity contribution in [2.75, 3.05) is 0 Å². The van der Waals surface area contributed by atoms with Gasteiger partial charge in [0.25, 0.3) is 0 Å². The SMILES string of the molecule is Cc1ccccc1-n1c(SC(C)C(=O)NC(C)CCc2ccccc2)nnc1-c1cccnc1. The first-order valence-corrected chi connectivity index (χ1v) is 12.3. The van der Waals surface area contributed by atoms with Gasteiger partial charge in [-0.2, -0.15) is 0 Å². The molecule has 2 aromatic carbocycles. The van der Waals surface area contributed by atoms with Gasteiger partial charge in [0.05, 0.1) is 10.9 Å². The molecule has 4 aromatic rings. The minimum Gasteiger partial charge on any atom is -0.353 e. The zero-order valence-corrected chi connectivity index (χ0v) is 20.5. The maximum Gasteiger partial charge on any atom is 0.233 e. The third kappa shape index (κ3) is 5.72. The summed E-state index contributed by atoms with van der Waals surface area (Å²) in [6.45, 7) is 6.01. The van der Waals surface area contributed by atoms with Crippen LogP contribution < -0.4 is 5.32 Å². The summed E-state index contributed by atoms with van der Waals surface area (Å²) in [6.07, 6.45) is 5.33. The van der Waals surface area contributed by atoms with Crippen LogP contribution in [0, 0.1) is 6.92 Å². The van der Waals surface area contributed by atoms with Crippen LogP contribution in [0.1, 0.15) is 31.4 Å². The number of amides is 1. The molecule has 0 aliphatic carbocycles. The highest BCUT2D eigenvalue weighted by atomic mass is 32.2. The van der Waals surface area contributed by atoms with Crippen LogP contribution in [0.3, 0.4) is 0 Å². The number of para-hydroxylation sites is 1. The number of nitrogens with one attached hydrogen (secondary N) is 1. The molecule has 6 nitrogen and oxygen atoms in total. The standard InChI is InChI=1S/C27H29N5OS/c1-19-10-7-8-14-24(19)32-25(23-13-9-17-28-18-23)30-31-27(32)34-21(3)26(33)29-20(2)15-16-22-11-5-4-6-12-22/h4-14,17-18,20-21H,15-16H2,1-3H3,(H,29,33). The van der Waals surface area contributed by atoms with Crippen LogP contribution in [-0.4, -0.2) is 36.9 Å². The average molecular weight is 472 g/mol. The third-order valence-electron chi connectivity index (χ3n) is 5.66. The number of nitrogens with zero attached hydrogens (tertiary/aromatic N) is 4. The predicted molar refractivity (Wildman–Crippen MR) is 137 cm³/mol. The Labute approximate surface area is 204 Å². The van der Waals surface area contributed by atoms with E-state index in [9.17, 15) is 4.79 Å².